The molecule has 1 aliphatic heterocycles. The molecular weight excluding hydrogens is 216 g/mol. The number of hydrogen-bond donors (Lipinski definition) is 1. The summed E-state index contributed by atoms with van der Waals surface area (Å²) in [5, 5.41) is 3.33. The quantitative estimate of drug-likeness (QED) is 0.806. The van der Waals surface area contributed by atoms with Crippen molar-refractivity contribution in [1.82, 2.24) is 10.2 Å². The van der Waals surface area contributed by atoms with Crippen LogP contribution in [-0.4, -0.2) is 42.8 Å². The first kappa shape index (κ1) is 12.8. The number of methoxy groups -OCH3 is 1. The van der Waals surface area contributed by atoms with E-state index in [9.17, 15) is 4.79 Å². The van der Waals surface area contributed by atoms with Gasteiger partial charge >= 0.3 is 0 Å². The Labute approximate surface area is 104 Å². The predicted octanol–water partition coefficient (Wildman–Crippen LogP) is 1.36. The third-order valence-electron chi connectivity index (χ3n) is 3.89. The highest BCUT2D eigenvalue weighted by Crippen LogP contribution is 2.30. The van der Waals surface area contributed by atoms with E-state index in [0.29, 0.717) is 12.5 Å². The Hall–Kier alpha value is -0.610. The zero-order valence-electron chi connectivity index (χ0n) is 11.1. The lowest BCUT2D eigenvalue weighted by atomic mass is 10.1. The lowest BCUT2D eigenvalue weighted by Gasteiger charge is -2.34. The molecule has 4 heteroatoms. The first-order chi connectivity index (χ1) is 8.13. The third-order valence-corrected chi connectivity index (χ3v) is 3.89. The van der Waals surface area contributed by atoms with Gasteiger partial charge in [0.25, 0.3) is 0 Å². The number of carbonyl (C=O) groups excluding carboxylic acids is 1. The summed E-state index contributed by atoms with van der Waals surface area (Å²) < 4.78 is 5.52. The van der Waals surface area contributed by atoms with Crippen molar-refractivity contribution in [3.05, 3.63) is 0 Å². The van der Waals surface area contributed by atoms with Crippen molar-refractivity contribution in [2.24, 2.45) is 5.92 Å². The Bertz CT molecular complexity index is 281. The van der Waals surface area contributed by atoms with Crippen LogP contribution in [-0.2, 0) is 9.53 Å². The van der Waals surface area contributed by atoms with E-state index in [0.717, 1.165) is 19.3 Å². The second-order valence-electron chi connectivity index (χ2n) is 5.60. The fourth-order valence-corrected chi connectivity index (χ4v) is 3.13. The molecule has 98 valence electrons. The first-order valence-electron chi connectivity index (χ1n) is 6.70. The largest absolute Gasteiger partial charge is 0.379 e. The maximum atomic E-state index is 12.0. The zero-order valence-corrected chi connectivity index (χ0v) is 11.1. The minimum absolute atomic E-state index is 0.211. The lowest BCUT2D eigenvalue weighted by molar-refractivity contribution is -0.133. The van der Waals surface area contributed by atoms with Crippen LogP contribution in [0.2, 0.25) is 0 Å². The van der Waals surface area contributed by atoms with Crippen LogP contribution < -0.4 is 5.32 Å². The maximum absolute atomic E-state index is 12.0. The van der Waals surface area contributed by atoms with Gasteiger partial charge < -0.3 is 9.64 Å². The minimum atomic E-state index is 0.211. The van der Waals surface area contributed by atoms with E-state index in [1.165, 1.54) is 6.42 Å². The third kappa shape index (κ3) is 2.63. The molecule has 1 amide bonds. The van der Waals surface area contributed by atoms with E-state index >= 15 is 0 Å². The van der Waals surface area contributed by atoms with Crippen LogP contribution in [0.25, 0.3) is 0 Å². The van der Waals surface area contributed by atoms with E-state index in [-0.39, 0.29) is 24.2 Å². The second-order valence-corrected chi connectivity index (χ2v) is 5.60. The highest BCUT2D eigenvalue weighted by Gasteiger charge is 2.41. The van der Waals surface area contributed by atoms with Crippen LogP contribution in [0.3, 0.4) is 0 Å². The number of amides is 1. The van der Waals surface area contributed by atoms with Gasteiger partial charge in [-0.3, -0.25) is 10.1 Å². The zero-order chi connectivity index (χ0) is 12.4. The van der Waals surface area contributed by atoms with Crippen LogP contribution >= 0.6 is 0 Å². The smallest absolute Gasteiger partial charge is 0.238 e. The molecule has 3 atom stereocenters. The normalized spacial score (nSPS) is 34.0. The van der Waals surface area contributed by atoms with Crippen molar-refractivity contribution in [3.63, 3.8) is 0 Å². The van der Waals surface area contributed by atoms with Crippen LogP contribution in [0.4, 0.5) is 0 Å². The molecule has 0 bridgehead atoms. The topological polar surface area (TPSA) is 41.6 Å². The number of nitrogens with zero attached hydrogens (tertiary/aromatic N) is 1. The summed E-state index contributed by atoms with van der Waals surface area (Å²) in [6.07, 6.45) is 4.80. The minimum Gasteiger partial charge on any atom is -0.379 e. The maximum Gasteiger partial charge on any atom is 0.238 e. The molecule has 2 aliphatic rings. The Morgan fingerprint density at radius 2 is 2.24 bits per heavy atom. The van der Waals surface area contributed by atoms with Gasteiger partial charge in [-0.25, -0.2) is 0 Å². The summed E-state index contributed by atoms with van der Waals surface area (Å²) in [7, 11) is 1.76. The van der Waals surface area contributed by atoms with Gasteiger partial charge in [-0.1, -0.05) is 13.8 Å². The molecule has 1 heterocycles. The van der Waals surface area contributed by atoms with Crippen molar-refractivity contribution in [1.29, 1.82) is 0 Å². The van der Waals surface area contributed by atoms with Crippen molar-refractivity contribution in [2.75, 3.05) is 13.7 Å². The molecule has 2 fully saturated rings. The number of hydrogen-bond acceptors (Lipinski definition) is 3. The van der Waals surface area contributed by atoms with E-state index in [1.807, 2.05) is 0 Å². The second kappa shape index (κ2) is 5.36. The molecule has 4 nitrogen and oxygen atoms in total. The fraction of sp³-hybridized carbons (Fsp3) is 0.923. The predicted molar refractivity (Wildman–Crippen MR) is 66.5 cm³/mol. The van der Waals surface area contributed by atoms with Gasteiger partial charge in [0, 0.05) is 7.11 Å². The summed E-state index contributed by atoms with van der Waals surface area (Å²) in [6.45, 7) is 4.89. The summed E-state index contributed by atoms with van der Waals surface area (Å²) >= 11 is 0. The molecule has 0 radical (unpaired) electrons. The Morgan fingerprint density at radius 3 is 2.88 bits per heavy atom. The molecule has 1 N–H and O–H groups in total. The molecule has 17 heavy (non-hydrogen) atoms. The van der Waals surface area contributed by atoms with Crippen molar-refractivity contribution in [2.45, 2.75) is 57.8 Å². The number of ether oxygens (including phenoxy) is 1. The van der Waals surface area contributed by atoms with E-state index in [4.69, 9.17) is 4.74 Å². The monoisotopic (exact) mass is 240 g/mol. The SMILES string of the molecule is COC1CCCC1N1C(=O)CNC1CC(C)C. The van der Waals surface area contributed by atoms with Gasteiger partial charge in [0.05, 0.1) is 24.9 Å². The molecule has 0 spiro atoms. The van der Waals surface area contributed by atoms with Gasteiger partial charge in [-0.2, -0.15) is 0 Å². The van der Waals surface area contributed by atoms with Crippen molar-refractivity contribution >= 4 is 5.91 Å². The van der Waals surface area contributed by atoms with Crippen LogP contribution in [0, 0.1) is 5.92 Å². The molecule has 1 aliphatic carbocycles. The first-order valence-corrected chi connectivity index (χ1v) is 6.70. The molecule has 1 saturated heterocycles. The van der Waals surface area contributed by atoms with Crippen molar-refractivity contribution in [3.8, 4) is 0 Å². The summed E-state index contributed by atoms with van der Waals surface area (Å²) in [5.74, 6) is 0.841. The Kier molecular flexibility index (Phi) is 4.05. The summed E-state index contributed by atoms with van der Waals surface area (Å²) in [4.78, 5) is 14.1. The molecule has 0 aromatic heterocycles. The molecule has 0 aromatic carbocycles. The van der Waals surface area contributed by atoms with Crippen molar-refractivity contribution < 1.29 is 9.53 Å². The van der Waals surface area contributed by atoms with Crippen LogP contribution in [0.1, 0.15) is 39.5 Å². The molecule has 3 unspecified atom stereocenters. The number of nitrogens with one attached hydrogen (secondary N) is 1. The number of rotatable bonds is 4. The highest BCUT2D eigenvalue weighted by atomic mass is 16.5. The lowest BCUT2D eigenvalue weighted by Crippen LogP contribution is -2.48. The van der Waals surface area contributed by atoms with Gasteiger partial charge in [0.15, 0.2) is 0 Å². The molecule has 1 saturated carbocycles. The summed E-state index contributed by atoms with van der Waals surface area (Å²) in [6, 6.07) is 0.284. The highest BCUT2D eigenvalue weighted by molar-refractivity contribution is 5.81. The van der Waals surface area contributed by atoms with Gasteiger partial charge in [-0.15, -0.1) is 0 Å². The standard InChI is InChI=1S/C13H24N2O2/c1-9(2)7-12-14-8-13(16)15(12)10-5-4-6-11(10)17-3/h9-12,14H,4-8H2,1-3H3. The van der Waals surface area contributed by atoms with E-state index in [1.54, 1.807) is 7.11 Å². The molecular formula is C13H24N2O2. The Balaban J connectivity index is 2.07. The van der Waals surface area contributed by atoms with Gasteiger partial charge in [0.1, 0.15) is 0 Å². The van der Waals surface area contributed by atoms with Gasteiger partial charge in [-0.05, 0) is 31.6 Å². The molecule has 0 aromatic rings. The van der Waals surface area contributed by atoms with E-state index < -0.39 is 0 Å². The van der Waals surface area contributed by atoms with E-state index in [2.05, 4.69) is 24.1 Å². The Morgan fingerprint density at radius 1 is 1.47 bits per heavy atom. The fourth-order valence-electron chi connectivity index (χ4n) is 3.13. The molecule has 2 rings (SSSR count). The van der Waals surface area contributed by atoms with Gasteiger partial charge in [0.2, 0.25) is 5.91 Å². The number of carbonyl (C=O) groups is 1. The van der Waals surface area contributed by atoms with Crippen LogP contribution in [0.5, 0.6) is 0 Å². The summed E-state index contributed by atoms with van der Waals surface area (Å²) in [5.41, 5.74) is 0. The average molecular weight is 240 g/mol. The average Bonchev–Trinajstić information content (AvgIpc) is 2.84. The van der Waals surface area contributed by atoms with Crippen LogP contribution in [0.15, 0.2) is 0 Å².